The van der Waals surface area contributed by atoms with Crippen LogP contribution in [0, 0.1) is 0 Å². The number of rotatable bonds is 2. The first-order valence-corrected chi connectivity index (χ1v) is 4.08. The normalized spacial score (nSPS) is 13.6. The average Bonchev–Trinajstić information content (AvgIpc) is 2.37. The summed E-state index contributed by atoms with van der Waals surface area (Å²) in [5, 5.41) is 12.9. The van der Waals surface area contributed by atoms with Crippen LogP contribution in [0.2, 0.25) is 0 Å². The van der Waals surface area contributed by atoms with Crippen molar-refractivity contribution in [3.63, 3.8) is 0 Å². The van der Waals surface area contributed by atoms with Gasteiger partial charge in [0, 0.05) is 0 Å². The molecule has 1 aromatic rings. The minimum atomic E-state index is -0.488. The minimum absolute atomic E-state index is 0.275. The van der Waals surface area contributed by atoms with Crippen LogP contribution in [0.25, 0.3) is 0 Å². The number of aliphatic hydroxyl groups is 1. The maximum Gasteiger partial charge on any atom is 0.0933 e. The van der Waals surface area contributed by atoms with Crippen molar-refractivity contribution in [1.29, 1.82) is 0 Å². The lowest BCUT2D eigenvalue weighted by molar-refractivity contribution is 0.203. The quantitative estimate of drug-likeness (QED) is 0.660. The second kappa shape index (κ2) is 3.20. The SMILES string of the molecule is O[C@H](CCl)c1ccsc1. The molecule has 0 unspecified atom stereocenters. The Hall–Kier alpha value is -0.0500. The molecular weight excluding hydrogens is 156 g/mol. The van der Waals surface area contributed by atoms with Crippen LogP contribution in [0.15, 0.2) is 16.8 Å². The molecule has 0 saturated heterocycles. The van der Waals surface area contributed by atoms with Gasteiger partial charge in [0.2, 0.25) is 0 Å². The van der Waals surface area contributed by atoms with Gasteiger partial charge in [-0.15, -0.1) is 11.6 Å². The number of halogens is 1. The standard InChI is InChI=1S/C6H7ClOS/c7-3-6(8)5-1-2-9-4-5/h1-2,4,6,8H,3H2/t6-/m1/s1. The Balaban J connectivity index is 2.65. The summed E-state index contributed by atoms with van der Waals surface area (Å²) in [6, 6.07) is 1.87. The van der Waals surface area contributed by atoms with Crippen LogP contribution in [0.4, 0.5) is 0 Å². The van der Waals surface area contributed by atoms with E-state index in [0.717, 1.165) is 5.56 Å². The van der Waals surface area contributed by atoms with Gasteiger partial charge in [0.25, 0.3) is 0 Å². The van der Waals surface area contributed by atoms with Crippen LogP contribution in [0.5, 0.6) is 0 Å². The third-order valence-electron chi connectivity index (χ3n) is 1.07. The van der Waals surface area contributed by atoms with Crippen LogP contribution in [0.3, 0.4) is 0 Å². The molecule has 0 aliphatic carbocycles. The van der Waals surface area contributed by atoms with E-state index in [1.165, 1.54) is 0 Å². The summed E-state index contributed by atoms with van der Waals surface area (Å²) in [5.41, 5.74) is 0.912. The Kier molecular flexibility index (Phi) is 2.51. The van der Waals surface area contributed by atoms with E-state index in [-0.39, 0.29) is 5.88 Å². The van der Waals surface area contributed by atoms with Gasteiger partial charge < -0.3 is 5.11 Å². The largest absolute Gasteiger partial charge is 0.387 e. The molecule has 0 aliphatic rings. The third-order valence-corrected chi connectivity index (χ3v) is 2.07. The third kappa shape index (κ3) is 1.68. The molecule has 1 aromatic heterocycles. The van der Waals surface area contributed by atoms with Gasteiger partial charge in [-0.25, -0.2) is 0 Å². The fraction of sp³-hybridized carbons (Fsp3) is 0.333. The van der Waals surface area contributed by atoms with Crippen molar-refractivity contribution >= 4 is 22.9 Å². The van der Waals surface area contributed by atoms with Gasteiger partial charge in [-0.3, -0.25) is 0 Å². The zero-order valence-corrected chi connectivity index (χ0v) is 6.32. The van der Waals surface area contributed by atoms with Crippen molar-refractivity contribution in [2.24, 2.45) is 0 Å². The van der Waals surface area contributed by atoms with E-state index >= 15 is 0 Å². The average molecular weight is 163 g/mol. The van der Waals surface area contributed by atoms with E-state index < -0.39 is 6.10 Å². The highest BCUT2D eigenvalue weighted by molar-refractivity contribution is 7.07. The number of hydrogen-bond donors (Lipinski definition) is 1. The molecule has 1 rings (SSSR count). The molecule has 0 spiro atoms. The second-order valence-electron chi connectivity index (χ2n) is 1.73. The lowest BCUT2D eigenvalue weighted by Crippen LogP contribution is -1.94. The van der Waals surface area contributed by atoms with E-state index in [2.05, 4.69) is 0 Å². The van der Waals surface area contributed by atoms with Crippen LogP contribution in [-0.2, 0) is 0 Å². The van der Waals surface area contributed by atoms with Gasteiger partial charge in [0.1, 0.15) is 0 Å². The van der Waals surface area contributed by atoms with Crippen molar-refractivity contribution in [1.82, 2.24) is 0 Å². The highest BCUT2D eigenvalue weighted by atomic mass is 35.5. The smallest absolute Gasteiger partial charge is 0.0933 e. The molecule has 0 aromatic carbocycles. The maximum absolute atomic E-state index is 9.09. The molecule has 50 valence electrons. The van der Waals surface area contributed by atoms with E-state index in [1.807, 2.05) is 16.8 Å². The molecule has 1 N–H and O–H groups in total. The second-order valence-corrected chi connectivity index (χ2v) is 2.82. The van der Waals surface area contributed by atoms with Gasteiger partial charge in [-0.05, 0) is 22.4 Å². The molecule has 1 atom stereocenters. The number of aliphatic hydroxyl groups excluding tert-OH is 1. The molecule has 0 bridgehead atoms. The summed E-state index contributed by atoms with van der Waals surface area (Å²) < 4.78 is 0. The van der Waals surface area contributed by atoms with E-state index in [0.29, 0.717) is 0 Å². The molecule has 1 heterocycles. The zero-order chi connectivity index (χ0) is 6.69. The summed E-state index contributed by atoms with van der Waals surface area (Å²) >= 11 is 6.96. The van der Waals surface area contributed by atoms with Crippen LogP contribution in [-0.4, -0.2) is 11.0 Å². The Bertz CT molecular complexity index is 162. The molecule has 0 fully saturated rings. The lowest BCUT2D eigenvalue weighted by atomic mass is 10.2. The Labute approximate surface area is 62.9 Å². The molecule has 0 amide bonds. The molecular formula is C6H7ClOS. The van der Waals surface area contributed by atoms with Crippen molar-refractivity contribution in [2.45, 2.75) is 6.10 Å². The summed E-state index contributed by atoms with van der Waals surface area (Å²) in [6.45, 7) is 0. The molecule has 0 aliphatic heterocycles. The summed E-state index contributed by atoms with van der Waals surface area (Å²) in [7, 11) is 0. The van der Waals surface area contributed by atoms with Gasteiger partial charge in [-0.2, -0.15) is 11.3 Å². The highest BCUT2D eigenvalue weighted by Crippen LogP contribution is 2.16. The molecule has 0 saturated carbocycles. The first kappa shape index (κ1) is 7.06. The van der Waals surface area contributed by atoms with Gasteiger partial charge in [0.15, 0.2) is 0 Å². The fourth-order valence-corrected chi connectivity index (χ4v) is 1.44. The predicted molar refractivity (Wildman–Crippen MR) is 40.0 cm³/mol. The Morgan fingerprint density at radius 2 is 2.56 bits per heavy atom. The van der Waals surface area contributed by atoms with Crippen LogP contribution >= 0.6 is 22.9 Å². The predicted octanol–water partition coefficient (Wildman–Crippen LogP) is 2.02. The van der Waals surface area contributed by atoms with E-state index in [1.54, 1.807) is 11.3 Å². The van der Waals surface area contributed by atoms with E-state index in [9.17, 15) is 0 Å². The first-order valence-electron chi connectivity index (χ1n) is 2.60. The van der Waals surface area contributed by atoms with Crippen molar-refractivity contribution in [2.75, 3.05) is 5.88 Å². The maximum atomic E-state index is 9.09. The van der Waals surface area contributed by atoms with E-state index in [4.69, 9.17) is 16.7 Å². The number of hydrogen-bond acceptors (Lipinski definition) is 2. The first-order chi connectivity index (χ1) is 4.34. The Morgan fingerprint density at radius 3 is 3.00 bits per heavy atom. The monoisotopic (exact) mass is 162 g/mol. The van der Waals surface area contributed by atoms with Crippen LogP contribution < -0.4 is 0 Å². The van der Waals surface area contributed by atoms with Crippen molar-refractivity contribution in [3.05, 3.63) is 22.4 Å². The topological polar surface area (TPSA) is 20.2 Å². The fourth-order valence-electron chi connectivity index (χ4n) is 0.554. The lowest BCUT2D eigenvalue weighted by Gasteiger charge is -2.00. The minimum Gasteiger partial charge on any atom is -0.387 e. The van der Waals surface area contributed by atoms with Gasteiger partial charge in [0.05, 0.1) is 12.0 Å². The number of thiophene rings is 1. The van der Waals surface area contributed by atoms with Gasteiger partial charge in [-0.1, -0.05) is 0 Å². The highest BCUT2D eigenvalue weighted by Gasteiger charge is 2.03. The number of alkyl halides is 1. The molecule has 0 radical (unpaired) electrons. The molecule has 3 heteroatoms. The molecule has 1 nitrogen and oxygen atoms in total. The Morgan fingerprint density at radius 1 is 1.78 bits per heavy atom. The summed E-state index contributed by atoms with van der Waals surface area (Å²) in [5.74, 6) is 0.275. The van der Waals surface area contributed by atoms with Gasteiger partial charge >= 0.3 is 0 Å². The summed E-state index contributed by atoms with van der Waals surface area (Å²) in [4.78, 5) is 0. The van der Waals surface area contributed by atoms with Crippen molar-refractivity contribution in [3.8, 4) is 0 Å². The molecule has 9 heavy (non-hydrogen) atoms. The summed E-state index contributed by atoms with van der Waals surface area (Å²) in [6.07, 6.45) is -0.488. The van der Waals surface area contributed by atoms with Crippen molar-refractivity contribution < 1.29 is 5.11 Å². The van der Waals surface area contributed by atoms with Crippen LogP contribution in [0.1, 0.15) is 11.7 Å². The zero-order valence-electron chi connectivity index (χ0n) is 4.75.